The Morgan fingerprint density at radius 1 is 1.40 bits per heavy atom. The van der Waals surface area contributed by atoms with Gasteiger partial charge in [0.25, 0.3) is 0 Å². The molecule has 60 valence electrons. The molecular weight excluding hydrogens is 142 g/mol. The van der Waals surface area contributed by atoms with Crippen LogP contribution in [-0.4, -0.2) is 29.5 Å². The van der Waals surface area contributed by atoms with Gasteiger partial charge in [0.15, 0.2) is 0 Å². The first-order valence-electron chi connectivity index (χ1n) is 3.90. The summed E-state index contributed by atoms with van der Waals surface area (Å²) < 4.78 is 2.42. The monoisotopic (exact) mass is 159 g/mol. The fourth-order valence-corrected chi connectivity index (χ4v) is 2.24. The van der Waals surface area contributed by atoms with Gasteiger partial charge < -0.3 is 0 Å². The quantitative estimate of drug-likeness (QED) is 0.558. The molecule has 0 heterocycles. The van der Waals surface area contributed by atoms with Gasteiger partial charge in [-0.1, -0.05) is 18.7 Å². The first kappa shape index (κ1) is 8.28. The largest absolute Gasteiger partial charge is 0.257 e. The van der Waals surface area contributed by atoms with Crippen LogP contribution in [-0.2, 0) is 0 Å². The molecule has 1 atom stereocenters. The van der Waals surface area contributed by atoms with Crippen LogP contribution in [0.5, 0.6) is 0 Å². The maximum atomic E-state index is 4.04. The highest BCUT2D eigenvalue weighted by Crippen LogP contribution is 2.27. The van der Waals surface area contributed by atoms with Crippen molar-refractivity contribution < 1.29 is 0 Å². The standard InChI is InChI=1S/C8H17NS/c1-9(10(2)3)8-6-4-5-7-8/h8H,2,4-7H2,1,3H3. The van der Waals surface area contributed by atoms with Crippen LogP contribution in [0.2, 0.25) is 0 Å². The number of nitrogens with zero attached hydrogens (tertiary/aromatic N) is 1. The molecule has 1 fully saturated rings. The lowest BCUT2D eigenvalue weighted by molar-refractivity contribution is 0.416. The van der Waals surface area contributed by atoms with Crippen molar-refractivity contribution >= 4 is 16.5 Å². The second-order valence-electron chi connectivity index (χ2n) is 3.08. The van der Waals surface area contributed by atoms with Crippen LogP contribution in [0.1, 0.15) is 25.7 Å². The summed E-state index contributed by atoms with van der Waals surface area (Å²) in [5, 5.41) is 0. The van der Waals surface area contributed by atoms with Crippen LogP contribution in [0.4, 0.5) is 0 Å². The Morgan fingerprint density at radius 2 is 1.90 bits per heavy atom. The molecule has 0 bridgehead atoms. The van der Waals surface area contributed by atoms with Crippen molar-refractivity contribution in [1.29, 1.82) is 0 Å². The second kappa shape index (κ2) is 3.54. The van der Waals surface area contributed by atoms with Crippen molar-refractivity contribution in [3.8, 4) is 0 Å². The topological polar surface area (TPSA) is 3.24 Å². The summed E-state index contributed by atoms with van der Waals surface area (Å²) in [6.07, 6.45) is 7.82. The van der Waals surface area contributed by atoms with E-state index >= 15 is 0 Å². The summed E-state index contributed by atoms with van der Waals surface area (Å²) in [6.45, 7) is 0. The Hall–Kier alpha value is 0.180. The van der Waals surface area contributed by atoms with Crippen LogP contribution in [0, 0.1) is 0 Å². The molecule has 1 saturated carbocycles. The van der Waals surface area contributed by atoms with Crippen molar-refractivity contribution in [1.82, 2.24) is 4.31 Å². The Balaban J connectivity index is 2.39. The average Bonchev–Trinajstić information content (AvgIpc) is 2.36. The van der Waals surface area contributed by atoms with Crippen molar-refractivity contribution in [2.45, 2.75) is 31.7 Å². The summed E-state index contributed by atoms with van der Waals surface area (Å²) in [5.41, 5.74) is 0. The van der Waals surface area contributed by atoms with E-state index in [1.165, 1.54) is 25.7 Å². The third kappa shape index (κ3) is 1.83. The molecule has 1 aliphatic carbocycles. The lowest BCUT2D eigenvalue weighted by Crippen LogP contribution is -2.23. The number of rotatable bonds is 2. The van der Waals surface area contributed by atoms with Gasteiger partial charge in [-0.25, -0.2) is 0 Å². The number of hydrogen-bond acceptors (Lipinski definition) is 1. The summed E-state index contributed by atoms with van der Waals surface area (Å²) >= 11 is 0. The first-order chi connectivity index (χ1) is 4.72. The molecule has 0 aromatic rings. The molecule has 0 amide bonds. The highest BCUT2D eigenvalue weighted by Gasteiger charge is 2.18. The maximum absolute atomic E-state index is 4.04. The zero-order chi connectivity index (χ0) is 7.56. The minimum atomic E-state index is 0.233. The molecule has 10 heavy (non-hydrogen) atoms. The summed E-state index contributed by atoms with van der Waals surface area (Å²) in [5.74, 6) is 4.04. The molecule has 0 radical (unpaired) electrons. The van der Waals surface area contributed by atoms with Crippen LogP contribution in [0.15, 0.2) is 0 Å². The SMILES string of the molecule is C=S(C)N(C)C1CCCC1. The minimum absolute atomic E-state index is 0.233. The fraction of sp³-hybridized carbons (Fsp3) is 0.875. The Bertz CT molecular complexity index is 127. The lowest BCUT2D eigenvalue weighted by atomic mass is 10.3. The van der Waals surface area contributed by atoms with Crippen LogP contribution < -0.4 is 0 Å². The molecule has 0 aliphatic heterocycles. The summed E-state index contributed by atoms with van der Waals surface area (Å²) in [6, 6.07) is 0.839. The van der Waals surface area contributed by atoms with E-state index in [0.717, 1.165) is 6.04 Å². The third-order valence-corrected chi connectivity index (χ3v) is 3.61. The third-order valence-electron chi connectivity index (χ3n) is 2.33. The molecule has 1 aliphatic rings. The summed E-state index contributed by atoms with van der Waals surface area (Å²) in [4.78, 5) is 0. The van der Waals surface area contributed by atoms with Gasteiger partial charge in [-0.05, 0) is 26.1 Å². The summed E-state index contributed by atoms with van der Waals surface area (Å²) in [7, 11) is 2.43. The fourth-order valence-electron chi connectivity index (χ4n) is 1.52. The van der Waals surface area contributed by atoms with E-state index in [2.05, 4.69) is 23.5 Å². The molecule has 0 aromatic carbocycles. The van der Waals surface area contributed by atoms with Crippen molar-refractivity contribution in [2.24, 2.45) is 0 Å². The van der Waals surface area contributed by atoms with Gasteiger partial charge in [-0.2, -0.15) is 0 Å². The lowest BCUT2D eigenvalue weighted by Gasteiger charge is -2.24. The molecule has 0 N–H and O–H groups in total. The van der Waals surface area contributed by atoms with Gasteiger partial charge >= 0.3 is 0 Å². The molecule has 0 aromatic heterocycles. The van der Waals surface area contributed by atoms with Gasteiger partial charge in [-0.3, -0.25) is 4.31 Å². The zero-order valence-electron chi connectivity index (χ0n) is 6.97. The molecule has 1 nitrogen and oxygen atoms in total. The van der Waals surface area contributed by atoms with E-state index in [9.17, 15) is 0 Å². The normalized spacial score (nSPS) is 23.9. The Labute approximate surface area is 66.5 Å². The molecular formula is C8H17NS. The molecule has 2 heteroatoms. The average molecular weight is 159 g/mol. The highest BCUT2D eigenvalue weighted by atomic mass is 32.2. The van der Waals surface area contributed by atoms with Crippen LogP contribution >= 0.6 is 10.7 Å². The maximum Gasteiger partial charge on any atom is 0.0194 e. The van der Waals surface area contributed by atoms with Crippen molar-refractivity contribution in [2.75, 3.05) is 13.3 Å². The Kier molecular flexibility index (Phi) is 2.93. The molecule has 1 rings (SSSR count). The van der Waals surface area contributed by atoms with E-state index < -0.39 is 0 Å². The molecule has 0 spiro atoms. The van der Waals surface area contributed by atoms with Crippen molar-refractivity contribution in [3.63, 3.8) is 0 Å². The van der Waals surface area contributed by atoms with E-state index in [4.69, 9.17) is 0 Å². The minimum Gasteiger partial charge on any atom is -0.257 e. The second-order valence-corrected chi connectivity index (χ2v) is 4.86. The molecule has 1 unspecified atom stereocenters. The van der Waals surface area contributed by atoms with E-state index in [0.29, 0.717) is 0 Å². The first-order valence-corrected chi connectivity index (χ1v) is 5.66. The highest BCUT2D eigenvalue weighted by molar-refractivity contribution is 8.11. The van der Waals surface area contributed by atoms with Crippen molar-refractivity contribution in [3.05, 3.63) is 0 Å². The van der Waals surface area contributed by atoms with Gasteiger partial charge in [0, 0.05) is 6.04 Å². The van der Waals surface area contributed by atoms with Gasteiger partial charge in [0.05, 0.1) is 0 Å². The van der Waals surface area contributed by atoms with Gasteiger partial charge in [0.2, 0.25) is 0 Å². The van der Waals surface area contributed by atoms with Gasteiger partial charge in [-0.15, -0.1) is 10.7 Å². The predicted molar refractivity (Wildman–Crippen MR) is 50.7 cm³/mol. The predicted octanol–water partition coefficient (Wildman–Crippen LogP) is 2.11. The Morgan fingerprint density at radius 3 is 2.30 bits per heavy atom. The van der Waals surface area contributed by atoms with E-state index in [1.807, 2.05) is 0 Å². The van der Waals surface area contributed by atoms with Crippen LogP contribution in [0.3, 0.4) is 0 Å². The number of hydrogen-bond donors (Lipinski definition) is 0. The molecule has 0 saturated heterocycles. The van der Waals surface area contributed by atoms with Crippen LogP contribution in [0.25, 0.3) is 0 Å². The smallest absolute Gasteiger partial charge is 0.0194 e. The van der Waals surface area contributed by atoms with E-state index in [1.54, 1.807) is 0 Å². The zero-order valence-corrected chi connectivity index (χ0v) is 7.78. The van der Waals surface area contributed by atoms with E-state index in [-0.39, 0.29) is 10.7 Å². The van der Waals surface area contributed by atoms with Gasteiger partial charge in [0.1, 0.15) is 0 Å².